The van der Waals surface area contributed by atoms with Gasteiger partial charge < -0.3 is 4.90 Å². The Bertz CT molecular complexity index is 597. The average Bonchev–Trinajstić information content (AvgIpc) is 2.47. The number of alkyl halides is 1. The summed E-state index contributed by atoms with van der Waals surface area (Å²) in [5.41, 5.74) is 0.825. The van der Waals surface area contributed by atoms with Crippen LogP contribution < -0.4 is 0 Å². The third kappa shape index (κ3) is 2.52. The third-order valence-electron chi connectivity index (χ3n) is 3.73. The van der Waals surface area contributed by atoms with E-state index in [-0.39, 0.29) is 5.91 Å². The summed E-state index contributed by atoms with van der Waals surface area (Å²) in [6, 6.07) is 14.0. The van der Waals surface area contributed by atoms with Crippen molar-refractivity contribution >= 4 is 32.6 Å². The molecule has 3 rings (SSSR count). The summed E-state index contributed by atoms with van der Waals surface area (Å²) in [5.74, 6) is 0.163. The zero-order valence-corrected chi connectivity index (χ0v) is 12.3. The van der Waals surface area contributed by atoms with E-state index in [0.29, 0.717) is 4.83 Å². The average molecular weight is 318 g/mol. The molecule has 0 spiro atoms. The molecule has 0 unspecified atom stereocenters. The maximum atomic E-state index is 12.6. The van der Waals surface area contributed by atoms with Crippen LogP contribution in [0.4, 0.5) is 0 Å². The highest BCUT2D eigenvalue weighted by molar-refractivity contribution is 9.09. The molecule has 2 aromatic carbocycles. The number of likely N-dealkylation sites (tertiary alicyclic amines) is 1. The van der Waals surface area contributed by atoms with Crippen LogP contribution in [0.3, 0.4) is 0 Å². The van der Waals surface area contributed by atoms with E-state index in [1.54, 1.807) is 0 Å². The van der Waals surface area contributed by atoms with Gasteiger partial charge in [0.1, 0.15) is 0 Å². The van der Waals surface area contributed by atoms with Gasteiger partial charge in [-0.15, -0.1) is 0 Å². The quantitative estimate of drug-likeness (QED) is 0.732. The van der Waals surface area contributed by atoms with Gasteiger partial charge in [0.05, 0.1) is 0 Å². The van der Waals surface area contributed by atoms with E-state index in [4.69, 9.17) is 0 Å². The molecule has 0 aromatic heterocycles. The van der Waals surface area contributed by atoms with Gasteiger partial charge in [-0.3, -0.25) is 4.79 Å². The number of hydrogen-bond donors (Lipinski definition) is 0. The highest BCUT2D eigenvalue weighted by Gasteiger charge is 2.23. The first-order valence-electron chi connectivity index (χ1n) is 6.67. The topological polar surface area (TPSA) is 20.3 Å². The van der Waals surface area contributed by atoms with E-state index >= 15 is 0 Å². The predicted octanol–water partition coefficient (Wildman–Crippen LogP) is 3.84. The zero-order chi connectivity index (χ0) is 13.2. The van der Waals surface area contributed by atoms with Gasteiger partial charge in [-0.25, -0.2) is 0 Å². The molecule has 1 saturated heterocycles. The largest absolute Gasteiger partial charge is 0.339 e. The van der Waals surface area contributed by atoms with Crippen molar-refractivity contribution in [3.8, 4) is 0 Å². The molecule has 0 aliphatic carbocycles. The molecule has 0 radical (unpaired) electrons. The van der Waals surface area contributed by atoms with Gasteiger partial charge in [0.25, 0.3) is 5.91 Å². The third-order valence-corrected chi connectivity index (χ3v) is 4.65. The molecule has 1 aliphatic heterocycles. The van der Waals surface area contributed by atoms with E-state index in [0.717, 1.165) is 42.3 Å². The van der Waals surface area contributed by atoms with Crippen molar-refractivity contribution in [3.63, 3.8) is 0 Å². The Morgan fingerprint density at radius 2 is 1.74 bits per heavy atom. The minimum Gasteiger partial charge on any atom is -0.339 e. The molecule has 1 heterocycles. The first-order valence-corrected chi connectivity index (χ1v) is 7.58. The molecule has 19 heavy (non-hydrogen) atoms. The number of carbonyl (C=O) groups excluding carboxylic acids is 1. The highest BCUT2D eigenvalue weighted by Crippen LogP contribution is 2.23. The lowest BCUT2D eigenvalue weighted by Gasteiger charge is -2.29. The summed E-state index contributed by atoms with van der Waals surface area (Å²) < 4.78 is 0. The number of halogens is 1. The fourth-order valence-corrected chi connectivity index (χ4v) is 3.04. The number of nitrogens with zero attached hydrogens (tertiary/aromatic N) is 1. The summed E-state index contributed by atoms with van der Waals surface area (Å²) >= 11 is 3.62. The van der Waals surface area contributed by atoms with Crippen molar-refractivity contribution in [2.24, 2.45) is 0 Å². The Hall–Kier alpha value is -1.35. The van der Waals surface area contributed by atoms with Crippen molar-refractivity contribution in [2.45, 2.75) is 17.7 Å². The lowest BCUT2D eigenvalue weighted by Crippen LogP contribution is -2.38. The van der Waals surface area contributed by atoms with E-state index in [1.807, 2.05) is 35.2 Å². The second kappa shape index (κ2) is 5.33. The fraction of sp³-hybridized carbons (Fsp3) is 0.312. The van der Waals surface area contributed by atoms with Crippen molar-refractivity contribution < 1.29 is 4.79 Å². The molecule has 1 fully saturated rings. The van der Waals surface area contributed by atoms with Gasteiger partial charge in [0, 0.05) is 23.5 Å². The van der Waals surface area contributed by atoms with Crippen LogP contribution in [0.15, 0.2) is 42.5 Å². The fourth-order valence-electron chi connectivity index (χ4n) is 2.63. The minimum atomic E-state index is 0.163. The van der Waals surface area contributed by atoms with Crippen molar-refractivity contribution in [2.75, 3.05) is 13.1 Å². The van der Waals surface area contributed by atoms with E-state index < -0.39 is 0 Å². The van der Waals surface area contributed by atoms with Crippen molar-refractivity contribution in [1.82, 2.24) is 4.90 Å². The normalized spacial score (nSPS) is 16.8. The molecule has 98 valence electrons. The minimum absolute atomic E-state index is 0.163. The van der Waals surface area contributed by atoms with Crippen molar-refractivity contribution in [3.05, 3.63) is 48.0 Å². The second-order valence-corrected chi connectivity index (χ2v) is 6.29. The van der Waals surface area contributed by atoms with E-state index in [2.05, 4.69) is 28.1 Å². The number of piperidine rings is 1. The van der Waals surface area contributed by atoms with Crippen LogP contribution >= 0.6 is 15.9 Å². The van der Waals surface area contributed by atoms with Crippen LogP contribution in [0.5, 0.6) is 0 Å². The van der Waals surface area contributed by atoms with Crippen LogP contribution in [-0.2, 0) is 0 Å². The molecule has 0 bridgehead atoms. The van der Waals surface area contributed by atoms with Crippen LogP contribution in [0.25, 0.3) is 10.8 Å². The van der Waals surface area contributed by atoms with Crippen LogP contribution in [0.2, 0.25) is 0 Å². The van der Waals surface area contributed by atoms with Gasteiger partial charge in [0.15, 0.2) is 0 Å². The van der Waals surface area contributed by atoms with Gasteiger partial charge in [0.2, 0.25) is 0 Å². The van der Waals surface area contributed by atoms with Gasteiger partial charge in [-0.05, 0) is 29.7 Å². The van der Waals surface area contributed by atoms with Gasteiger partial charge in [-0.2, -0.15) is 0 Å². The molecule has 0 saturated carbocycles. The lowest BCUT2D eigenvalue weighted by molar-refractivity contribution is 0.0730. The summed E-state index contributed by atoms with van der Waals surface area (Å²) in [5, 5.41) is 2.18. The first kappa shape index (κ1) is 12.7. The molecular formula is C16H16BrNO. The Labute approximate surface area is 121 Å². The monoisotopic (exact) mass is 317 g/mol. The number of rotatable bonds is 1. The summed E-state index contributed by atoms with van der Waals surface area (Å²) in [7, 11) is 0. The van der Waals surface area contributed by atoms with Crippen molar-refractivity contribution in [1.29, 1.82) is 0 Å². The maximum Gasteiger partial charge on any atom is 0.254 e. The number of amides is 1. The SMILES string of the molecule is O=C(c1cccc2ccccc12)N1CCC(Br)CC1. The maximum absolute atomic E-state index is 12.6. The number of benzene rings is 2. The standard InChI is InChI=1S/C16H16BrNO/c17-13-8-10-18(11-9-13)16(19)15-7-3-5-12-4-1-2-6-14(12)15/h1-7,13H,8-11H2. The molecule has 3 heteroatoms. The number of hydrogen-bond acceptors (Lipinski definition) is 1. The van der Waals surface area contributed by atoms with Crippen LogP contribution in [-0.4, -0.2) is 28.7 Å². The smallest absolute Gasteiger partial charge is 0.254 e. The zero-order valence-electron chi connectivity index (χ0n) is 10.7. The Kier molecular flexibility index (Phi) is 3.56. The lowest BCUT2D eigenvalue weighted by atomic mass is 10.0. The highest BCUT2D eigenvalue weighted by atomic mass is 79.9. The summed E-state index contributed by atoms with van der Waals surface area (Å²) in [4.78, 5) is 15.2. The second-order valence-electron chi connectivity index (χ2n) is 4.99. The Morgan fingerprint density at radius 1 is 1.05 bits per heavy atom. The molecule has 1 aliphatic rings. The Balaban J connectivity index is 1.93. The first-order chi connectivity index (χ1) is 9.25. The molecule has 2 nitrogen and oxygen atoms in total. The number of fused-ring (bicyclic) bond motifs is 1. The van der Waals surface area contributed by atoms with Gasteiger partial charge in [-0.1, -0.05) is 52.3 Å². The van der Waals surface area contributed by atoms with Gasteiger partial charge >= 0.3 is 0 Å². The Morgan fingerprint density at radius 3 is 2.53 bits per heavy atom. The molecule has 0 atom stereocenters. The van der Waals surface area contributed by atoms with Crippen LogP contribution in [0, 0.1) is 0 Å². The van der Waals surface area contributed by atoms with Crippen LogP contribution in [0.1, 0.15) is 23.2 Å². The predicted molar refractivity (Wildman–Crippen MR) is 81.8 cm³/mol. The summed E-state index contributed by atoms with van der Waals surface area (Å²) in [6.07, 6.45) is 2.08. The van der Waals surface area contributed by atoms with E-state index in [9.17, 15) is 4.79 Å². The van der Waals surface area contributed by atoms with E-state index in [1.165, 1.54) is 0 Å². The summed E-state index contributed by atoms with van der Waals surface area (Å²) in [6.45, 7) is 1.69. The molecular weight excluding hydrogens is 302 g/mol. The molecule has 2 aromatic rings. The molecule has 1 amide bonds. The number of carbonyl (C=O) groups is 1. The molecule has 0 N–H and O–H groups in total.